The Morgan fingerprint density at radius 2 is 1.91 bits per heavy atom. The van der Waals surface area contributed by atoms with E-state index in [4.69, 9.17) is 4.74 Å². The minimum absolute atomic E-state index is 0.00659. The van der Waals surface area contributed by atoms with Gasteiger partial charge in [0.2, 0.25) is 5.95 Å². The number of carbonyl (C=O) groups excluding carboxylic acids is 1. The number of thioether (sulfide) groups is 1. The number of anilines is 1. The molecule has 4 heterocycles. The van der Waals surface area contributed by atoms with Gasteiger partial charge < -0.3 is 9.64 Å². The SMILES string of the molecule is O=C(CSc1nnc(N2CCCCC2)n1CC1CCCO1)N1CCC(c2ccccc2)=N1. The van der Waals surface area contributed by atoms with Gasteiger partial charge in [-0.1, -0.05) is 42.1 Å². The van der Waals surface area contributed by atoms with E-state index in [0.29, 0.717) is 12.3 Å². The lowest BCUT2D eigenvalue weighted by molar-refractivity contribution is -0.127. The highest BCUT2D eigenvalue weighted by molar-refractivity contribution is 7.99. The smallest absolute Gasteiger partial charge is 0.253 e. The van der Waals surface area contributed by atoms with E-state index < -0.39 is 0 Å². The summed E-state index contributed by atoms with van der Waals surface area (Å²) in [5.74, 6) is 1.22. The molecule has 0 radical (unpaired) electrons. The number of rotatable bonds is 7. The van der Waals surface area contributed by atoms with E-state index in [9.17, 15) is 4.79 Å². The molecule has 0 spiro atoms. The standard InChI is InChI=1S/C23H30N6O2S/c30-21(29-14-11-20(26-29)18-8-3-1-4-9-18)17-32-23-25-24-22(27-12-5-2-6-13-27)28(23)16-19-10-7-15-31-19/h1,3-4,8-9,19H,2,5-7,10-17H2. The van der Waals surface area contributed by atoms with Crippen LogP contribution >= 0.6 is 11.8 Å². The molecule has 9 heteroatoms. The fourth-order valence-electron chi connectivity index (χ4n) is 4.54. The molecular formula is C23H30N6O2S. The Hall–Kier alpha value is -2.39. The van der Waals surface area contributed by atoms with Gasteiger partial charge in [-0.3, -0.25) is 9.36 Å². The van der Waals surface area contributed by atoms with Crippen molar-refractivity contribution < 1.29 is 9.53 Å². The van der Waals surface area contributed by atoms with Crippen molar-refractivity contribution in [2.45, 2.75) is 56.3 Å². The Bertz CT molecular complexity index is 951. The van der Waals surface area contributed by atoms with E-state index in [1.54, 1.807) is 5.01 Å². The number of carbonyl (C=O) groups is 1. The summed E-state index contributed by atoms with van der Waals surface area (Å²) in [6.45, 7) is 4.22. The van der Waals surface area contributed by atoms with Gasteiger partial charge in [0, 0.05) is 26.1 Å². The molecule has 32 heavy (non-hydrogen) atoms. The summed E-state index contributed by atoms with van der Waals surface area (Å²) in [6.07, 6.45) is 6.79. The number of hydrogen-bond donors (Lipinski definition) is 0. The van der Waals surface area contributed by atoms with Crippen LogP contribution in [0.5, 0.6) is 0 Å². The first kappa shape index (κ1) is 21.5. The normalized spacial score (nSPS) is 21.2. The van der Waals surface area contributed by atoms with Gasteiger partial charge in [0.05, 0.1) is 30.7 Å². The maximum atomic E-state index is 12.9. The zero-order chi connectivity index (χ0) is 21.8. The molecule has 2 fully saturated rings. The molecule has 0 aliphatic carbocycles. The average Bonchev–Trinajstić information content (AvgIpc) is 3.61. The number of nitrogens with zero attached hydrogens (tertiary/aromatic N) is 6. The van der Waals surface area contributed by atoms with Crippen molar-refractivity contribution in [3.63, 3.8) is 0 Å². The molecular weight excluding hydrogens is 424 g/mol. The molecule has 1 unspecified atom stereocenters. The molecule has 8 nitrogen and oxygen atoms in total. The number of hydrazone groups is 1. The molecule has 0 bridgehead atoms. The Morgan fingerprint density at radius 3 is 2.69 bits per heavy atom. The molecule has 1 atom stereocenters. The molecule has 3 aliphatic heterocycles. The van der Waals surface area contributed by atoms with Crippen molar-refractivity contribution in [3.8, 4) is 0 Å². The number of piperidine rings is 1. The summed E-state index contributed by atoms with van der Waals surface area (Å²) in [6, 6.07) is 10.1. The van der Waals surface area contributed by atoms with Crippen LogP contribution in [0.15, 0.2) is 40.6 Å². The summed E-state index contributed by atoms with van der Waals surface area (Å²) in [5.41, 5.74) is 2.05. The first-order valence-corrected chi connectivity index (χ1v) is 12.6. The summed E-state index contributed by atoms with van der Waals surface area (Å²) in [7, 11) is 0. The monoisotopic (exact) mass is 454 g/mol. The minimum Gasteiger partial charge on any atom is -0.376 e. The van der Waals surface area contributed by atoms with Gasteiger partial charge in [-0.15, -0.1) is 10.2 Å². The lowest BCUT2D eigenvalue weighted by Gasteiger charge is -2.28. The van der Waals surface area contributed by atoms with Crippen molar-refractivity contribution in [1.82, 2.24) is 19.8 Å². The molecule has 1 aromatic heterocycles. The van der Waals surface area contributed by atoms with Gasteiger partial charge in [0.15, 0.2) is 5.16 Å². The molecule has 3 aliphatic rings. The van der Waals surface area contributed by atoms with Gasteiger partial charge in [-0.05, 0) is 37.7 Å². The van der Waals surface area contributed by atoms with Crippen LogP contribution in [0.25, 0.3) is 0 Å². The van der Waals surface area contributed by atoms with Crippen molar-refractivity contribution in [2.24, 2.45) is 5.10 Å². The van der Waals surface area contributed by atoms with E-state index in [2.05, 4.69) is 24.8 Å². The lowest BCUT2D eigenvalue weighted by atomic mass is 10.1. The predicted molar refractivity (Wildman–Crippen MR) is 125 cm³/mol. The molecule has 0 saturated carbocycles. The van der Waals surface area contributed by atoms with Crippen LogP contribution < -0.4 is 4.90 Å². The number of aromatic nitrogens is 3. The van der Waals surface area contributed by atoms with Crippen LogP contribution in [0.3, 0.4) is 0 Å². The third kappa shape index (κ3) is 4.83. The van der Waals surface area contributed by atoms with Gasteiger partial charge >= 0.3 is 0 Å². The van der Waals surface area contributed by atoms with Crippen LogP contribution in [-0.2, 0) is 16.1 Å². The fraction of sp³-hybridized carbons (Fsp3) is 0.565. The fourth-order valence-corrected chi connectivity index (χ4v) is 5.35. The second kappa shape index (κ2) is 10.0. The first-order valence-electron chi connectivity index (χ1n) is 11.6. The van der Waals surface area contributed by atoms with Crippen LogP contribution in [0.4, 0.5) is 5.95 Å². The maximum Gasteiger partial charge on any atom is 0.253 e. The number of hydrogen-bond acceptors (Lipinski definition) is 7. The third-order valence-corrected chi connectivity index (χ3v) is 7.22. The van der Waals surface area contributed by atoms with Crippen LogP contribution in [0, 0.1) is 0 Å². The summed E-state index contributed by atoms with van der Waals surface area (Å²) in [5, 5.41) is 15.9. The highest BCUT2D eigenvalue weighted by Crippen LogP contribution is 2.27. The number of ether oxygens (including phenoxy) is 1. The molecule has 170 valence electrons. The first-order chi connectivity index (χ1) is 15.8. The van der Waals surface area contributed by atoms with Gasteiger partial charge in [-0.25, -0.2) is 5.01 Å². The Balaban J connectivity index is 1.26. The van der Waals surface area contributed by atoms with E-state index >= 15 is 0 Å². The lowest BCUT2D eigenvalue weighted by Crippen LogP contribution is -2.33. The van der Waals surface area contributed by atoms with E-state index in [-0.39, 0.29) is 12.0 Å². The molecule has 2 aromatic rings. The highest BCUT2D eigenvalue weighted by Gasteiger charge is 2.26. The number of benzene rings is 1. The summed E-state index contributed by atoms with van der Waals surface area (Å²) < 4.78 is 8.06. The number of amides is 1. The van der Waals surface area contributed by atoms with Crippen molar-refractivity contribution >= 4 is 29.3 Å². The van der Waals surface area contributed by atoms with Crippen molar-refractivity contribution in [2.75, 3.05) is 36.9 Å². The van der Waals surface area contributed by atoms with Gasteiger partial charge in [-0.2, -0.15) is 5.10 Å². The zero-order valence-electron chi connectivity index (χ0n) is 18.4. The zero-order valence-corrected chi connectivity index (χ0v) is 19.2. The Kier molecular flexibility index (Phi) is 6.73. The van der Waals surface area contributed by atoms with Gasteiger partial charge in [0.1, 0.15) is 0 Å². The molecule has 0 N–H and O–H groups in total. The van der Waals surface area contributed by atoms with Crippen molar-refractivity contribution in [3.05, 3.63) is 35.9 Å². The van der Waals surface area contributed by atoms with Gasteiger partial charge in [0.25, 0.3) is 5.91 Å². The second-order valence-corrected chi connectivity index (χ2v) is 9.49. The second-order valence-electron chi connectivity index (χ2n) is 8.54. The van der Waals surface area contributed by atoms with Crippen molar-refractivity contribution in [1.29, 1.82) is 0 Å². The summed E-state index contributed by atoms with van der Waals surface area (Å²) in [4.78, 5) is 15.2. The van der Waals surface area contributed by atoms with Crippen LogP contribution in [0.2, 0.25) is 0 Å². The van der Waals surface area contributed by atoms with E-state index in [1.807, 2.05) is 30.3 Å². The molecule has 5 rings (SSSR count). The Labute approximate surface area is 193 Å². The topological polar surface area (TPSA) is 75.8 Å². The highest BCUT2D eigenvalue weighted by atomic mass is 32.2. The van der Waals surface area contributed by atoms with Crippen LogP contribution in [-0.4, -0.2) is 69.5 Å². The summed E-state index contributed by atoms with van der Waals surface area (Å²) >= 11 is 1.45. The third-order valence-electron chi connectivity index (χ3n) is 6.27. The minimum atomic E-state index is 0.00659. The maximum absolute atomic E-state index is 12.9. The predicted octanol–water partition coefficient (Wildman–Crippen LogP) is 3.18. The van der Waals surface area contributed by atoms with E-state index in [1.165, 1.54) is 31.0 Å². The molecule has 2 saturated heterocycles. The average molecular weight is 455 g/mol. The molecule has 1 amide bonds. The van der Waals surface area contributed by atoms with Crippen LogP contribution in [0.1, 0.15) is 44.1 Å². The molecule has 1 aromatic carbocycles. The Morgan fingerprint density at radius 1 is 1.06 bits per heavy atom. The quantitative estimate of drug-likeness (QED) is 0.598. The largest absolute Gasteiger partial charge is 0.376 e. The van der Waals surface area contributed by atoms with E-state index in [0.717, 1.165) is 67.9 Å².